The summed E-state index contributed by atoms with van der Waals surface area (Å²) in [5.74, 6) is -0.335. The highest BCUT2D eigenvalue weighted by Gasteiger charge is 2.32. The average molecular weight is 420 g/mol. The number of hydrogen-bond acceptors (Lipinski definition) is 3. The topological polar surface area (TPSA) is 69.7 Å². The Bertz CT molecular complexity index is 979. The Hall–Kier alpha value is -3.15. The molecule has 0 radical (unpaired) electrons. The predicted octanol–water partition coefficient (Wildman–Crippen LogP) is 3.15. The summed E-state index contributed by atoms with van der Waals surface area (Å²) in [6, 6.07) is 15.8. The number of amides is 3. The highest BCUT2D eigenvalue weighted by atomic mass is 16.2. The van der Waals surface area contributed by atoms with Crippen LogP contribution in [-0.4, -0.2) is 47.2 Å². The maximum atomic E-state index is 13.0. The predicted molar refractivity (Wildman–Crippen MR) is 119 cm³/mol. The van der Waals surface area contributed by atoms with Crippen LogP contribution in [0.4, 0.5) is 5.69 Å². The second-order valence-electron chi connectivity index (χ2n) is 8.53. The molecule has 2 aliphatic heterocycles. The lowest BCUT2D eigenvalue weighted by Crippen LogP contribution is -2.46. The molecule has 4 rings (SSSR count). The first-order chi connectivity index (χ1) is 15.0. The number of carbonyl (C=O) groups excluding carboxylic acids is 3. The van der Waals surface area contributed by atoms with Crippen molar-refractivity contribution in [2.45, 2.75) is 39.2 Å². The number of carbonyl (C=O) groups is 3. The van der Waals surface area contributed by atoms with Gasteiger partial charge in [-0.15, -0.1) is 0 Å². The highest BCUT2D eigenvalue weighted by Crippen LogP contribution is 2.25. The summed E-state index contributed by atoms with van der Waals surface area (Å²) < 4.78 is 0. The number of aryl methyl sites for hydroxylation is 1. The van der Waals surface area contributed by atoms with Gasteiger partial charge in [0.1, 0.15) is 6.42 Å². The average Bonchev–Trinajstić information content (AvgIpc) is 2.78. The SMILES string of the molecule is Cc1cccc(NC(=O)CC(=O)N2CCC(C(=O)N3CCc4ccccc4C3)CC2)c1. The van der Waals surface area contributed by atoms with Crippen LogP contribution >= 0.6 is 0 Å². The third-order valence-electron chi connectivity index (χ3n) is 6.25. The van der Waals surface area contributed by atoms with Gasteiger partial charge in [-0.25, -0.2) is 0 Å². The number of nitrogens with one attached hydrogen (secondary N) is 1. The molecule has 2 aliphatic rings. The van der Waals surface area contributed by atoms with Crippen LogP contribution in [0.1, 0.15) is 36.0 Å². The summed E-state index contributed by atoms with van der Waals surface area (Å²) in [5, 5.41) is 2.78. The van der Waals surface area contributed by atoms with E-state index in [2.05, 4.69) is 17.4 Å². The molecule has 0 aromatic heterocycles. The van der Waals surface area contributed by atoms with Gasteiger partial charge in [-0.3, -0.25) is 14.4 Å². The van der Waals surface area contributed by atoms with E-state index in [1.54, 1.807) is 4.90 Å². The standard InChI is InChI=1S/C25H29N3O3/c1-18-5-4-8-22(15-18)26-23(29)16-24(30)27-12-10-20(11-13-27)25(31)28-14-9-19-6-2-3-7-21(19)17-28/h2-8,15,20H,9-14,16-17H2,1H3,(H,26,29). The fourth-order valence-electron chi connectivity index (χ4n) is 4.50. The van der Waals surface area contributed by atoms with E-state index in [1.807, 2.05) is 48.2 Å². The summed E-state index contributed by atoms with van der Waals surface area (Å²) in [7, 11) is 0. The molecule has 0 aliphatic carbocycles. The van der Waals surface area contributed by atoms with E-state index in [9.17, 15) is 14.4 Å². The van der Waals surface area contributed by atoms with E-state index in [1.165, 1.54) is 11.1 Å². The lowest BCUT2D eigenvalue weighted by Gasteiger charge is -2.36. The highest BCUT2D eigenvalue weighted by molar-refractivity contribution is 6.03. The molecule has 0 spiro atoms. The smallest absolute Gasteiger partial charge is 0.233 e. The van der Waals surface area contributed by atoms with Crippen molar-refractivity contribution in [1.29, 1.82) is 0 Å². The molecular formula is C25H29N3O3. The van der Waals surface area contributed by atoms with E-state index >= 15 is 0 Å². The Balaban J connectivity index is 1.25. The van der Waals surface area contributed by atoms with Gasteiger partial charge in [0.25, 0.3) is 0 Å². The molecule has 6 nitrogen and oxygen atoms in total. The number of benzene rings is 2. The van der Waals surface area contributed by atoms with Crippen LogP contribution in [0, 0.1) is 12.8 Å². The minimum Gasteiger partial charge on any atom is -0.342 e. The largest absolute Gasteiger partial charge is 0.342 e. The molecule has 2 heterocycles. The van der Waals surface area contributed by atoms with Crippen molar-refractivity contribution in [1.82, 2.24) is 9.80 Å². The molecule has 2 aromatic carbocycles. The van der Waals surface area contributed by atoms with Gasteiger partial charge in [-0.05, 0) is 55.0 Å². The fourth-order valence-corrected chi connectivity index (χ4v) is 4.50. The number of rotatable bonds is 4. The quantitative estimate of drug-likeness (QED) is 0.774. The summed E-state index contributed by atoms with van der Waals surface area (Å²) >= 11 is 0. The molecule has 1 N–H and O–H groups in total. The first kappa shape index (κ1) is 21.1. The van der Waals surface area contributed by atoms with Gasteiger partial charge in [-0.2, -0.15) is 0 Å². The van der Waals surface area contributed by atoms with E-state index < -0.39 is 0 Å². The lowest BCUT2D eigenvalue weighted by atomic mass is 9.93. The first-order valence-corrected chi connectivity index (χ1v) is 11.0. The molecule has 162 valence electrons. The second kappa shape index (κ2) is 9.33. The van der Waals surface area contributed by atoms with E-state index in [0.717, 1.165) is 18.5 Å². The molecule has 0 atom stereocenters. The van der Waals surface area contributed by atoms with Gasteiger partial charge < -0.3 is 15.1 Å². The molecule has 1 fully saturated rings. The molecule has 31 heavy (non-hydrogen) atoms. The maximum absolute atomic E-state index is 13.0. The summed E-state index contributed by atoms with van der Waals surface area (Å²) in [4.78, 5) is 41.5. The van der Waals surface area contributed by atoms with Crippen molar-refractivity contribution >= 4 is 23.4 Å². The normalized spacial score (nSPS) is 16.5. The summed E-state index contributed by atoms with van der Waals surface area (Å²) in [6.45, 7) is 4.44. The maximum Gasteiger partial charge on any atom is 0.233 e. The van der Waals surface area contributed by atoms with Gasteiger partial charge in [0.15, 0.2) is 0 Å². The zero-order valence-corrected chi connectivity index (χ0v) is 18.0. The minimum atomic E-state index is -0.305. The summed E-state index contributed by atoms with van der Waals surface area (Å²) in [6.07, 6.45) is 2.04. The van der Waals surface area contributed by atoms with Gasteiger partial charge >= 0.3 is 0 Å². The number of fused-ring (bicyclic) bond motifs is 1. The molecule has 0 saturated carbocycles. The van der Waals surface area contributed by atoms with Crippen molar-refractivity contribution in [3.05, 3.63) is 65.2 Å². The van der Waals surface area contributed by atoms with Crippen LogP contribution in [0.2, 0.25) is 0 Å². The van der Waals surface area contributed by atoms with Crippen molar-refractivity contribution in [3.63, 3.8) is 0 Å². The molecule has 2 aromatic rings. The lowest BCUT2D eigenvalue weighted by molar-refractivity contribution is -0.142. The Kier molecular flexibility index (Phi) is 6.35. The Morgan fingerprint density at radius 1 is 0.935 bits per heavy atom. The van der Waals surface area contributed by atoms with Gasteiger partial charge in [0.05, 0.1) is 0 Å². The van der Waals surface area contributed by atoms with Crippen LogP contribution in [0.3, 0.4) is 0 Å². The second-order valence-corrected chi connectivity index (χ2v) is 8.53. The van der Waals surface area contributed by atoms with Gasteiger partial charge in [0, 0.05) is 37.8 Å². The van der Waals surface area contributed by atoms with E-state index in [-0.39, 0.29) is 30.1 Å². The van der Waals surface area contributed by atoms with E-state index in [0.29, 0.717) is 38.2 Å². The number of nitrogens with zero attached hydrogens (tertiary/aromatic N) is 2. The zero-order chi connectivity index (χ0) is 21.8. The zero-order valence-electron chi connectivity index (χ0n) is 18.0. The van der Waals surface area contributed by atoms with Crippen molar-refractivity contribution in [3.8, 4) is 0 Å². The van der Waals surface area contributed by atoms with Crippen LogP contribution < -0.4 is 5.32 Å². The monoisotopic (exact) mass is 419 g/mol. The van der Waals surface area contributed by atoms with Gasteiger partial charge in [-0.1, -0.05) is 36.4 Å². The molecular weight excluding hydrogens is 390 g/mol. The van der Waals surface area contributed by atoms with E-state index in [4.69, 9.17) is 0 Å². The molecule has 0 unspecified atom stereocenters. The number of anilines is 1. The van der Waals surface area contributed by atoms with Crippen molar-refractivity contribution < 1.29 is 14.4 Å². The third kappa shape index (κ3) is 5.13. The number of likely N-dealkylation sites (tertiary alicyclic amines) is 1. The van der Waals surface area contributed by atoms with Crippen molar-refractivity contribution in [2.24, 2.45) is 5.92 Å². The Labute approximate surface area is 183 Å². The summed E-state index contributed by atoms with van der Waals surface area (Å²) in [5.41, 5.74) is 4.31. The molecule has 0 bridgehead atoms. The van der Waals surface area contributed by atoms with Crippen LogP contribution in [0.5, 0.6) is 0 Å². The van der Waals surface area contributed by atoms with Crippen LogP contribution in [-0.2, 0) is 27.3 Å². The third-order valence-corrected chi connectivity index (χ3v) is 6.25. The van der Waals surface area contributed by atoms with Gasteiger partial charge in [0.2, 0.25) is 17.7 Å². The Morgan fingerprint density at radius 3 is 2.42 bits per heavy atom. The molecule has 1 saturated heterocycles. The number of hydrogen-bond donors (Lipinski definition) is 1. The van der Waals surface area contributed by atoms with Crippen LogP contribution in [0.15, 0.2) is 48.5 Å². The molecule has 3 amide bonds. The van der Waals surface area contributed by atoms with Crippen molar-refractivity contribution in [2.75, 3.05) is 25.0 Å². The number of piperidine rings is 1. The Morgan fingerprint density at radius 2 is 1.68 bits per heavy atom. The van der Waals surface area contributed by atoms with Crippen LogP contribution in [0.25, 0.3) is 0 Å². The fraction of sp³-hybridized carbons (Fsp3) is 0.400. The minimum absolute atomic E-state index is 0.0459. The molecule has 6 heteroatoms. The first-order valence-electron chi connectivity index (χ1n) is 11.0.